The minimum atomic E-state index is -2.99. The predicted octanol–water partition coefficient (Wildman–Crippen LogP) is 2.63. The molecular weight excluding hydrogens is 260 g/mol. The van der Waals surface area contributed by atoms with Gasteiger partial charge in [0.15, 0.2) is 0 Å². The summed E-state index contributed by atoms with van der Waals surface area (Å²) in [4.78, 5) is 0. The highest BCUT2D eigenvalue weighted by molar-refractivity contribution is 7.91. The second-order valence-corrected chi connectivity index (χ2v) is 8.06. The van der Waals surface area contributed by atoms with Gasteiger partial charge in [0.05, 0.1) is 11.4 Å². The van der Waals surface area contributed by atoms with Gasteiger partial charge in [-0.3, -0.25) is 0 Å². The van der Waals surface area contributed by atoms with Crippen molar-refractivity contribution in [3.8, 4) is 0 Å². The van der Waals surface area contributed by atoms with Crippen LogP contribution in [0.4, 0.5) is 0 Å². The molecule has 3 atom stereocenters. The average Bonchev–Trinajstić information content (AvgIpc) is 2.38. The summed E-state index contributed by atoms with van der Waals surface area (Å²) >= 11 is 0. The number of hydrogen-bond donors (Lipinski definition) is 1. The minimum absolute atomic E-state index is 0.0520. The SMILES string of the molecule is Cc1ccc(C(O)C2CCCC(S(C)(=O)=O)C2)cc1. The Morgan fingerprint density at radius 2 is 1.84 bits per heavy atom. The first-order chi connectivity index (χ1) is 8.88. The Labute approximate surface area is 115 Å². The van der Waals surface area contributed by atoms with Gasteiger partial charge in [0.1, 0.15) is 9.84 Å². The molecule has 3 nitrogen and oxygen atoms in total. The van der Waals surface area contributed by atoms with Gasteiger partial charge in [-0.1, -0.05) is 36.2 Å². The summed E-state index contributed by atoms with van der Waals surface area (Å²) in [5.41, 5.74) is 2.05. The monoisotopic (exact) mass is 282 g/mol. The highest BCUT2D eigenvalue weighted by atomic mass is 32.2. The smallest absolute Gasteiger partial charge is 0.150 e. The van der Waals surface area contributed by atoms with Crippen LogP contribution < -0.4 is 0 Å². The van der Waals surface area contributed by atoms with Gasteiger partial charge < -0.3 is 5.11 Å². The Morgan fingerprint density at radius 1 is 1.21 bits per heavy atom. The van der Waals surface area contributed by atoms with Gasteiger partial charge in [0.2, 0.25) is 0 Å². The fourth-order valence-corrected chi connectivity index (χ4v) is 4.08. The van der Waals surface area contributed by atoms with E-state index in [0.717, 1.165) is 30.4 Å². The van der Waals surface area contributed by atoms with Crippen molar-refractivity contribution in [2.75, 3.05) is 6.26 Å². The van der Waals surface area contributed by atoms with E-state index in [-0.39, 0.29) is 11.2 Å². The van der Waals surface area contributed by atoms with E-state index in [2.05, 4.69) is 0 Å². The number of aliphatic hydroxyl groups excluding tert-OH is 1. The van der Waals surface area contributed by atoms with Gasteiger partial charge in [0, 0.05) is 6.26 Å². The maximum atomic E-state index is 11.7. The molecule has 3 unspecified atom stereocenters. The summed E-state index contributed by atoms with van der Waals surface area (Å²) in [5, 5.41) is 10.1. The van der Waals surface area contributed by atoms with Crippen LogP contribution in [0, 0.1) is 12.8 Å². The first-order valence-electron chi connectivity index (χ1n) is 6.81. The summed E-state index contributed by atoms with van der Waals surface area (Å²) in [6, 6.07) is 7.83. The maximum absolute atomic E-state index is 11.7. The van der Waals surface area contributed by atoms with E-state index in [4.69, 9.17) is 0 Å². The molecule has 1 N–H and O–H groups in total. The van der Waals surface area contributed by atoms with Crippen molar-refractivity contribution in [2.24, 2.45) is 5.92 Å². The van der Waals surface area contributed by atoms with Crippen LogP contribution in [-0.4, -0.2) is 25.0 Å². The normalized spacial score (nSPS) is 26.1. The van der Waals surface area contributed by atoms with E-state index in [1.54, 1.807) is 0 Å². The van der Waals surface area contributed by atoms with E-state index < -0.39 is 15.9 Å². The quantitative estimate of drug-likeness (QED) is 0.927. The van der Waals surface area contributed by atoms with Crippen LogP contribution in [0.5, 0.6) is 0 Å². The number of sulfone groups is 1. The topological polar surface area (TPSA) is 54.4 Å². The van der Waals surface area contributed by atoms with E-state index in [1.165, 1.54) is 6.26 Å². The van der Waals surface area contributed by atoms with Crippen LogP contribution in [0.15, 0.2) is 24.3 Å². The zero-order valence-corrected chi connectivity index (χ0v) is 12.4. The lowest BCUT2D eigenvalue weighted by molar-refractivity contribution is 0.0857. The van der Waals surface area contributed by atoms with Crippen molar-refractivity contribution in [1.82, 2.24) is 0 Å². The molecule has 0 bridgehead atoms. The Balaban J connectivity index is 2.11. The Kier molecular flexibility index (Phi) is 4.31. The maximum Gasteiger partial charge on any atom is 0.150 e. The molecule has 0 heterocycles. The van der Waals surface area contributed by atoms with E-state index >= 15 is 0 Å². The van der Waals surface area contributed by atoms with Crippen molar-refractivity contribution in [1.29, 1.82) is 0 Å². The average molecular weight is 282 g/mol. The van der Waals surface area contributed by atoms with Gasteiger partial charge >= 0.3 is 0 Å². The number of aliphatic hydroxyl groups is 1. The standard InChI is InChI=1S/C15H22O3S/c1-11-6-8-12(9-7-11)15(16)13-4-3-5-14(10-13)19(2,17)18/h6-9,13-16H,3-5,10H2,1-2H3. The number of hydrogen-bond acceptors (Lipinski definition) is 3. The van der Waals surface area contributed by atoms with E-state index in [0.29, 0.717) is 6.42 Å². The Morgan fingerprint density at radius 3 is 2.42 bits per heavy atom. The molecule has 0 aliphatic heterocycles. The third-order valence-corrected chi connectivity index (χ3v) is 5.78. The fraction of sp³-hybridized carbons (Fsp3) is 0.600. The molecule has 0 spiro atoms. The van der Waals surface area contributed by atoms with Gasteiger partial charge in [-0.05, 0) is 37.7 Å². The first kappa shape index (κ1) is 14.5. The van der Waals surface area contributed by atoms with Crippen molar-refractivity contribution in [3.63, 3.8) is 0 Å². The molecule has 1 aromatic rings. The van der Waals surface area contributed by atoms with Crippen LogP contribution in [-0.2, 0) is 9.84 Å². The van der Waals surface area contributed by atoms with Crippen LogP contribution in [0.1, 0.15) is 42.9 Å². The fourth-order valence-electron chi connectivity index (χ4n) is 2.89. The Hall–Kier alpha value is -0.870. The van der Waals surface area contributed by atoms with Gasteiger partial charge in [-0.2, -0.15) is 0 Å². The summed E-state index contributed by atoms with van der Waals surface area (Å²) in [5.74, 6) is 0.0520. The van der Waals surface area contributed by atoms with Crippen LogP contribution in [0.25, 0.3) is 0 Å². The first-order valence-corrected chi connectivity index (χ1v) is 8.77. The molecule has 1 aromatic carbocycles. The summed E-state index contributed by atoms with van der Waals surface area (Å²) < 4.78 is 23.3. The molecule has 106 valence electrons. The molecule has 0 radical (unpaired) electrons. The summed E-state index contributed by atoms with van der Waals surface area (Å²) in [6.07, 6.45) is 3.85. The number of aryl methyl sites for hydroxylation is 1. The summed E-state index contributed by atoms with van der Waals surface area (Å²) in [6.45, 7) is 2.01. The molecule has 0 aromatic heterocycles. The highest BCUT2D eigenvalue weighted by Crippen LogP contribution is 2.36. The zero-order chi connectivity index (χ0) is 14.0. The predicted molar refractivity (Wildman–Crippen MR) is 76.7 cm³/mol. The Bertz CT molecular complexity index is 519. The van der Waals surface area contributed by atoms with Crippen molar-refractivity contribution in [2.45, 2.75) is 44.0 Å². The van der Waals surface area contributed by atoms with Crippen LogP contribution in [0.3, 0.4) is 0 Å². The molecule has 1 saturated carbocycles. The highest BCUT2D eigenvalue weighted by Gasteiger charge is 2.32. The van der Waals surface area contributed by atoms with Crippen LogP contribution >= 0.6 is 0 Å². The van der Waals surface area contributed by atoms with Crippen molar-refractivity contribution in [3.05, 3.63) is 35.4 Å². The third kappa shape index (κ3) is 3.57. The molecule has 19 heavy (non-hydrogen) atoms. The van der Waals surface area contributed by atoms with E-state index in [1.807, 2.05) is 31.2 Å². The second-order valence-electron chi connectivity index (χ2n) is 5.73. The van der Waals surface area contributed by atoms with Gasteiger partial charge in [0.25, 0.3) is 0 Å². The van der Waals surface area contributed by atoms with Crippen molar-refractivity contribution < 1.29 is 13.5 Å². The number of benzene rings is 1. The molecule has 1 fully saturated rings. The number of rotatable bonds is 3. The van der Waals surface area contributed by atoms with Gasteiger partial charge in [-0.25, -0.2) is 8.42 Å². The lowest BCUT2D eigenvalue weighted by Gasteiger charge is -2.31. The molecule has 0 amide bonds. The zero-order valence-electron chi connectivity index (χ0n) is 11.5. The second kappa shape index (κ2) is 5.63. The molecule has 4 heteroatoms. The molecule has 1 aliphatic carbocycles. The molecule has 0 saturated heterocycles. The lowest BCUT2D eigenvalue weighted by atomic mass is 9.82. The van der Waals surface area contributed by atoms with Crippen molar-refractivity contribution >= 4 is 9.84 Å². The molecule has 1 aliphatic rings. The summed E-state index contributed by atoms with van der Waals surface area (Å²) in [7, 11) is -2.99. The minimum Gasteiger partial charge on any atom is -0.388 e. The van der Waals surface area contributed by atoms with Gasteiger partial charge in [-0.15, -0.1) is 0 Å². The third-order valence-electron chi connectivity index (χ3n) is 4.14. The lowest BCUT2D eigenvalue weighted by Crippen LogP contribution is -2.30. The molecule has 2 rings (SSSR count). The van der Waals surface area contributed by atoms with Crippen LogP contribution in [0.2, 0.25) is 0 Å². The largest absolute Gasteiger partial charge is 0.388 e. The molecular formula is C15H22O3S. The van der Waals surface area contributed by atoms with E-state index in [9.17, 15) is 13.5 Å².